The largest absolute Gasteiger partial charge is 0.441 e. The molecule has 0 saturated carbocycles. The average Bonchev–Trinajstić information content (AvgIpc) is 2.82. The second kappa shape index (κ2) is 5.77. The zero-order valence-electron chi connectivity index (χ0n) is 12.7. The molecule has 0 fully saturated rings. The molecule has 0 spiro atoms. The zero-order valence-corrected chi connectivity index (χ0v) is 13.5. The van der Waals surface area contributed by atoms with Crippen LogP contribution in [-0.4, -0.2) is 10.1 Å². The van der Waals surface area contributed by atoms with Gasteiger partial charge in [0.2, 0.25) is 0 Å². The molecule has 0 amide bonds. The quantitative estimate of drug-likeness (QED) is 0.679. The van der Waals surface area contributed by atoms with E-state index in [9.17, 15) is 0 Å². The Bertz CT molecular complexity index is 854. The Labute approximate surface area is 134 Å². The van der Waals surface area contributed by atoms with Crippen molar-refractivity contribution < 1.29 is 4.42 Å². The second-order valence-electron chi connectivity index (χ2n) is 5.31. The van der Waals surface area contributed by atoms with Gasteiger partial charge >= 0.3 is 0 Å². The standard InChI is InChI=1S/C17H17N3OS/c1-10-4-5-11(2)14(8-10)20-17(22)19-13-6-7-16-15(9-13)18-12(3)21-16/h4-9H,1-3H3,(H2,19,20,22). The maximum Gasteiger partial charge on any atom is 0.192 e. The van der Waals surface area contributed by atoms with E-state index >= 15 is 0 Å². The molecule has 2 aromatic carbocycles. The number of rotatable bonds is 2. The lowest BCUT2D eigenvalue weighted by molar-refractivity contribution is 0.561. The lowest BCUT2D eigenvalue weighted by atomic mass is 10.1. The topological polar surface area (TPSA) is 50.1 Å². The van der Waals surface area contributed by atoms with Gasteiger partial charge in [-0.25, -0.2) is 4.98 Å². The van der Waals surface area contributed by atoms with Gasteiger partial charge in [0.05, 0.1) is 0 Å². The number of aromatic nitrogens is 1. The van der Waals surface area contributed by atoms with E-state index in [2.05, 4.69) is 47.7 Å². The van der Waals surface area contributed by atoms with Crippen LogP contribution in [0.1, 0.15) is 17.0 Å². The molecule has 0 aliphatic heterocycles. The van der Waals surface area contributed by atoms with Crippen molar-refractivity contribution in [1.82, 2.24) is 4.98 Å². The Balaban J connectivity index is 1.76. The van der Waals surface area contributed by atoms with Gasteiger partial charge in [-0.3, -0.25) is 0 Å². The number of anilines is 2. The third-order valence-corrected chi connectivity index (χ3v) is 3.60. The van der Waals surface area contributed by atoms with E-state index in [1.165, 1.54) is 5.56 Å². The van der Waals surface area contributed by atoms with Crippen molar-refractivity contribution in [3.63, 3.8) is 0 Å². The van der Waals surface area contributed by atoms with Crippen molar-refractivity contribution >= 4 is 39.8 Å². The summed E-state index contributed by atoms with van der Waals surface area (Å²) in [7, 11) is 0. The molecule has 0 aliphatic carbocycles. The van der Waals surface area contributed by atoms with Crippen LogP contribution in [0.3, 0.4) is 0 Å². The summed E-state index contributed by atoms with van der Waals surface area (Å²) >= 11 is 5.38. The summed E-state index contributed by atoms with van der Waals surface area (Å²) < 4.78 is 5.47. The Morgan fingerprint density at radius 1 is 1.05 bits per heavy atom. The molecule has 4 nitrogen and oxygen atoms in total. The van der Waals surface area contributed by atoms with Crippen LogP contribution in [-0.2, 0) is 0 Å². The number of thiocarbonyl (C=S) groups is 1. The molecule has 112 valence electrons. The first kappa shape index (κ1) is 14.5. The Morgan fingerprint density at radius 3 is 2.68 bits per heavy atom. The van der Waals surface area contributed by atoms with E-state index in [0.29, 0.717) is 11.0 Å². The van der Waals surface area contributed by atoms with E-state index in [1.54, 1.807) is 0 Å². The van der Waals surface area contributed by atoms with Crippen molar-refractivity contribution in [2.45, 2.75) is 20.8 Å². The summed E-state index contributed by atoms with van der Waals surface area (Å²) in [5.74, 6) is 0.656. The minimum Gasteiger partial charge on any atom is -0.441 e. The fraction of sp³-hybridized carbons (Fsp3) is 0.176. The van der Waals surface area contributed by atoms with Crippen LogP contribution in [0, 0.1) is 20.8 Å². The fourth-order valence-electron chi connectivity index (χ4n) is 2.28. The molecule has 0 unspecified atom stereocenters. The summed E-state index contributed by atoms with van der Waals surface area (Å²) in [4.78, 5) is 4.32. The number of benzene rings is 2. The predicted molar refractivity (Wildman–Crippen MR) is 94.5 cm³/mol. The molecule has 0 aliphatic rings. The molecule has 0 radical (unpaired) electrons. The molecule has 0 atom stereocenters. The van der Waals surface area contributed by atoms with Crippen LogP contribution in [0.15, 0.2) is 40.8 Å². The minimum atomic E-state index is 0.549. The molecular formula is C17H17N3OS. The molecule has 3 aromatic rings. The molecule has 3 rings (SSSR count). The maximum atomic E-state index is 5.47. The van der Waals surface area contributed by atoms with Gasteiger partial charge in [0.1, 0.15) is 5.52 Å². The van der Waals surface area contributed by atoms with Crippen LogP contribution < -0.4 is 10.6 Å². The molecule has 1 aromatic heterocycles. The van der Waals surface area contributed by atoms with Gasteiger partial charge in [0.25, 0.3) is 0 Å². The molecule has 1 heterocycles. The van der Waals surface area contributed by atoms with Gasteiger partial charge in [0, 0.05) is 18.3 Å². The molecular weight excluding hydrogens is 294 g/mol. The Morgan fingerprint density at radius 2 is 1.86 bits per heavy atom. The number of aryl methyl sites for hydroxylation is 3. The number of fused-ring (bicyclic) bond motifs is 1. The Kier molecular flexibility index (Phi) is 3.81. The summed E-state index contributed by atoms with van der Waals surface area (Å²) in [6.45, 7) is 5.94. The van der Waals surface area contributed by atoms with E-state index in [4.69, 9.17) is 16.6 Å². The summed E-state index contributed by atoms with van der Waals surface area (Å²) in [5, 5.41) is 6.96. The third-order valence-electron chi connectivity index (χ3n) is 3.39. The highest BCUT2D eigenvalue weighted by atomic mass is 32.1. The number of nitrogens with one attached hydrogen (secondary N) is 2. The van der Waals surface area contributed by atoms with Crippen LogP contribution in [0.4, 0.5) is 11.4 Å². The number of hydrogen-bond donors (Lipinski definition) is 2. The van der Waals surface area contributed by atoms with Crippen LogP contribution in [0.5, 0.6) is 0 Å². The number of oxazole rings is 1. The summed E-state index contributed by atoms with van der Waals surface area (Å²) in [6, 6.07) is 12.0. The van der Waals surface area contributed by atoms with Crippen molar-refractivity contribution in [2.75, 3.05) is 10.6 Å². The first-order chi connectivity index (χ1) is 10.5. The third kappa shape index (κ3) is 3.09. The summed E-state index contributed by atoms with van der Waals surface area (Å²) in [5.41, 5.74) is 5.82. The van der Waals surface area contributed by atoms with Gasteiger partial charge in [0.15, 0.2) is 16.6 Å². The SMILES string of the molecule is Cc1ccc(C)c(NC(=S)Nc2ccc3oc(C)nc3c2)c1. The molecule has 0 bridgehead atoms. The molecule has 22 heavy (non-hydrogen) atoms. The van der Waals surface area contributed by atoms with Crippen molar-refractivity contribution in [1.29, 1.82) is 0 Å². The highest BCUT2D eigenvalue weighted by molar-refractivity contribution is 7.80. The van der Waals surface area contributed by atoms with Gasteiger partial charge in [-0.15, -0.1) is 0 Å². The van der Waals surface area contributed by atoms with E-state index in [1.807, 2.05) is 25.1 Å². The zero-order chi connectivity index (χ0) is 15.7. The highest BCUT2D eigenvalue weighted by Crippen LogP contribution is 2.21. The van der Waals surface area contributed by atoms with Gasteiger partial charge < -0.3 is 15.1 Å². The minimum absolute atomic E-state index is 0.549. The summed E-state index contributed by atoms with van der Waals surface area (Å²) in [6.07, 6.45) is 0. The van der Waals surface area contributed by atoms with Crippen molar-refractivity contribution in [3.8, 4) is 0 Å². The van der Waals surface area contributed by atoms with Crippen molar-refractivity contribution in [3.05, 3.63) is 53.4 Å². The first-order valence-corrected chi connectivity index (χ1v) is 7.44. The Hall–Kier alpha value is -2.40. The average molecular weight is 311 g/mol. The molecule has 0 saturated heterocycles. The smallest absolute Gasteiger partial charge is 0.192 e. The van der Waals surface area contributed by atoms with E-state index in [0.717, 1.165) is 28.0 Å². The lowest BCUT2D eigenvalue weighted by Gasteiger charge is -2.13. The predicted octanol–water partition coefficient (Wildman–Crippen LogP) is 4.56. The highest BCUT2D eigenvalue weighted by Gasteiger charge is 2.06. The maximum absolute atomic E-state index is 5.47. The van der Waals surface area contributed by atoms with Crippen LogP contribution in [0.2, 0.25) is 0 Å². The second-order valence-corrected chi connectivity index (χ2v) is 5.72. The van der Waals surface area contributed by atoms with Gasteiger partial charge in [-0.1, -0.05) is 12.1 Å². The lowest BCUT2D eigenvalue weighted by Crippen LogP contribution is -2.19. The van der Waals surface area contributed by atoms with Crippen LogP contribution >= 0.6 is 12.2 Å². The first-order valence-electron chi connectivity index (χ1n) is 7.04. The van der Waals surface area contributed by atoms with E-state index in [-0.39, 0.29) is 0 Å². The van der Waals surface area contributed by atoms with Crippen LogP contribution in [0.25, 0.3) is 11.1 Å². The van der Waals surface area contributed by atoms with Gasteiger partial charge in [-0.05, 0) is 61.5 Å². The fourth-order valence-corrected chi connectivity index (χ4v) is 2.50. The van der Waals surface area contributed by atoms with E-state index < -0.39 is 0 Å². The normalized spacial score (nSPS) is 10.7. The molecule has 2 N–H and O–H groups in total. The number of nitrogens with zero attached hydrogens (tertiary/aromatic N) is 1. The molecule has 5 heteroatoms. The van der Waals surface area contributed by atoms with Crippen molar-refractivity contribution in [2.24, 2.45) is 0 Å². The van der Waals surface area contributed by atoms with Gasteiger partial charge in [-0.2, -0.15) is 0 Å². The number of hydrogen-bond acceptors (Lipinski definition) is 3. The monoisotopic (exact) mass is 311 g/mol.